The lowest BCUT2D eigenvalue weighted by Gasteiger charge is -2.14. The summed E-state index contributed by atoms with van der Waals surface area (Å²) in [5.74, 6) is 0. The fourth-order valence-corrected chi connectivity index (χ4v) is 2.31. The fraction of sp³-hybridized carbons (Fsp3) is 0.533. The van der Waals surface area contributed by atoms with Crippen LogP contribution in [0.3, 0.4) is 0 Å². The van der Waals surface area contributed by atoms with E-state index in [4.69, 9.17) is 5.11 Å². The highest BCUT2D eigenvalue weighted by atomic mass is 16.2. The summed E-state index contributed by atoms with van der Waals surface area (Å²) in [6.45, 7) is 4.31. The lowest BCUT2D eigenvalue weighted by molar-refractivity contribution is 0.270. The minimum atomic E-state index is 0.301. The second kappa shape index (κ2) is 6.68. The van der Waals surface area contributed by atoms with Gasteiger partial charge in [0.05, 0.1) is 5.69 Å². The van der Waals surface area contributed by atoms with Crippen LogP contribution in [0, 0.1) is 6.92 Å². The van der Waals surface area contributed by atoms with Crippen LogP contribution in [0.4, 0.5) is 0 Å². The van der Waals surface area contributed by atoms with Crippen LogP contribution >= 0.6 is 0 Å². The lowest BCUT2D eigenvalue weighted by atomic mass is 10.2. The molecule has 19 heavy (non-hydrogen) atoms. The zero-order valence-electron chi connectivity index (χ0n) is 11.8. The van der Waals surface area contributed by atoms with Crippen molar-refractivity contribution in [1.29, 1.82) is 0 Å². The molecule has 0 atom stereocenters. The second-order valence-corrected chi connectivity index (χ2v) is 5.18. The predicted molar refractivity (Wildman–Crippen MR) is 77.2 cm³/mol. The number of pyridine rings is 1. The summed E-state index contributed by atoms with van der Waals surface area (Å²) in [7, 11) is 2.12. The Morgan fingerprint density at radius 2 is 2.16 bits per heavy atom. The van der Waals surface area contributed by atoms with Crippen LogP contribution in [0.5, 0.6) is 0 Å². The number of unbranched alkanes of at least 4 members (excludes halogenated alkanes) is 2. The van der Waals surface area contributed by atoms with E-state index in [1.807, 2.05) is 12.3 Å². The predicted octanol–water partition coefficient (Wildman–Crippen LogP) is 2.24. The van der Waals surface area contributed by atoms with E-state index < -0.39 is 0 Å². The molecule has 0 aliphatic carbocycles. The SMILES string of the molecule is Cc1cccn2cc(CN(C)CCCCCO)nc12. The van der Waals surface area contributed by atoms with Crippen molar-refractivity contribution < 1.29 is 5.11 Å². The van der Waals surface area contributed by atoms with Gasteiger partial charge in [0.25, 0.3) is 0 Å². The van der Waals surface area contributed by atoms with Crippen molar-refractivity contribution in [3.8, 4) is 0 Å². The highest BCUT2D eigenvalue weighted by molar-refractivity contribution is 5.47. The van der Waals surface area contributed by atoms with Gasteiger partial charge in [0.15, 0.2) is 0 Å². The van der Waals surface area contributed by atoms with E-state index in [9.17, 15) is 0 Å². The van der Waals surface area contributed by atoms with E-state index in [-0.39, 0.29) is 0 Å². The van der Waals surface area contributed by atoms with Gasteiger partial charge in [-0.25, -0.2) is 4.98 Å². The fourth-order valence-electron chi connectivity index (χ4n) is 2.31. The Morgan fingerprint density at radius 1 is 1.32 bits per heavy atom. The molecule has 0 saturated carbocycles. The lowest BCUT2D eigenvalue weighted by Crippen LogP contribution is -2.19. The number of aromatic nitrogens is 2. The second-order valence-electron chi connectivity index (χ2n) is 5.18. The molecule has 0 fully saturated rings. The molecule has 2 heterocycles. The summed E-state index contributed by atoms with van der Waals surface area (Å²) in [4.78, 5) is 6.96. The van der Waals surface area contributed by atoms with Crippen LogP contribution in [-0.4, -0.2) is 39.6 Å². The van der Waals surface area contributed by atoms with E-state index in [1.165, 1.54) is 5.56 Å². The van der Waals surface area contributed by atoms with Crippen LogP contribution in [0.15, 0.2) is 24.5 Å². The molecule has 4 nitrogen and oxygen atoms in total. The van der Waals surface area contributed by atoms with Crippen molar-refractivity contribution in [1.82, 2.24) is 14.3 Å². The maximum absolute atomic E-state index is 8.75. The highest BCUT2D eigenvalue weighted by Crippen LogP contribution is 2.11. The van der Waals surface area contributed by atoms with Crippen molar-refractivity contribution in [2.24, 2.45) is 0 Å². The number of hydrogen-bond acceptors (Lipinski definition) is 3. The van der Waals surface area contributed by atoms with Crippen molar-refractivity contribution in [2.75, 3.05) is 20.2 Å². The van der Waals surface area contributed by atoms with Gasteiger partial charge in [-0.15, -0.1) is 0 Å². The molecule has 104 valence electrons. The first-order valence-electron chi connectivity index (χ1n) is 6.93. The molecule has 0 radical (unpaired) electrons. The first kappa shape index (κ1) is 14.0. The Kier molecular flexibility index (Phi) is 4.93. The van der Waals surface area contributed by atoms with Crippen molar-refractivity contribution in [3.05, 3.63) is 35.8 Å². The Labute approximate surface area is 114 Å². The molecule has 4 heteroatoms. The molecule has 0 bridgehead atoms. The number of aryl methyl sites for hydroxylation is 1. The third-order valence-corrected chi connectivity index (χ3v) is 3.36. The first-order chi connectivity index (χ1) is 9.20. The Balaban J connectivity index is 1.92. The summed E-state index contributed by atoms with van der Waals surface area (Å²) in [5, 5.41) is 8.75. The zero-order valence-corrected chi connectivity index (χ0v) is 11.8. The standard InChI is InChI=1S/C15H23N3O/c1-13-7-6-9-18-12-14(16-15(13)18)11-17(2)8-4-3-5-10-19/h6-7,9,12,19H,3-5,8,10-11H2,1-2H3. The molecule has 0 aliphatic heterocycles. The van der Waals surface area contributed by atoms with Gasteiger partial charge in [-0.3, -0.25) is 0 Å². The van der Waals surface area contributed by atoms with Crippen molar-refractivity contribution >= 4 is 5.65 Å². The topological polar surface area (TPSA) is 40.8 Å². The first-order valence-corrected chi connectivity index (χ1v) is 6.93. The van der Waals surface area contributed by atoms with E-state index in [2.05, 4.69) is 40.5 Å². The summed E-state index contributed by atoms with van der Waals surface area (Å²) in [6, 6.07) is 4.14. The van der Waals surface area contributed by atoms with Gasteiger partial charge >= 0.3 is 0 Å². The number of hydrogen-bond donors (Lipinski definition) is 1. The largest absolute Gasteiger partial charge is 0.396 e. The number of aliphatic hydroxyl groups is 1. The maximum Gasteiger partial charge on any atom is 0.139 e. The Hall–Kier alpha value is -1.39. The van der Waals surface area contributed by atoms with Gasteiger partial charge in [0.2, 0.25) is 0 Å². The molecule has 0 aromatic carbocycles. The molecule has 1 N–H and O–H groups in total. The van der Waals surface area contributed by atoms with E-state index >= 15 is 0 Å². The monoisotopic (exact) mass is 261 g/mol. The number of rotatable bonds is 7. The zero-order chi connectivity index (χ0) is 13.7. The maximum atomic E-state index is 8.75. The summed E-state index contributed by atoms with van der Waals surface area (Å²) in [5.41, 5.74) is 3.37. The van der Waals surface area contributed by atoms with Crippen LogP contribution in [-0.2, 0) is 6.54 Å². The number of nitrogens with zero attached hydrogens (tertiary/aromatic N) is 3. The molecule has 0 unspecified atom stereocenters. The van der Waals surface area contributed by atoms with Crippen molar-refractivity contribution in [3.63, 3.8) is 0 Å². The molecule has 0 aliphatic rings. The van der Waals surface area contributed by atoms with Gasteiger partial charge in [-0.2, -0.15) is 0 Å². The molecule has 2 rings (SSSR count). The molecule has 0 spiro atoms. The van der Waals surface area contributed by atoms with E-state index in [1.54, 1.807) is 0 Å². The van der Waals surface area contributed by atoms with E-state index in [0.29, 0.717) is 6.61 Å². The molecular weight excluding hydrogens is 238 g/mol. The van der Waals surface area contributed by atoms with Crippen LogP contribution in [0.1, 0.15) is 30.5 Å². The van der Waals surface area contributed by atoms with Crippen LogP contribution in [0.2, 0.25) is 0 Å². The molecule has 0 amide bonds. The molecule has 2 aromatic heterocycles. The minimum absolute atomic E-state index is 0.301. The summed E-state index contributed by atoms with van der Waals surface area (Å²) in [6.07, 6.45) is 7.27. The third-order valence-electron chi connectivity index (χ3n) is 3.36. The highest BCUT2D eigenvalue weighted by Gasteiger charge is 2.06. The van der Waals surface area contributed by atoms with Crippen molar-refractivity contribution in [2.45, 2.75) is 32.7 Å². The van der Waals surface area contributed by atoms with Crippen LogP contribution in [0.25, 0.3) is 5.65 Å². The van der Waals surface area contributed by atoms with Crippen LogP contribution < -0.4 is 0 Å². The molecule has 0 saturated heterocycles. The molecular formula is C15H23N3O. The average molecular weight is 261 g/mol. The van der Waals surface area contributed by atoms with Gasteiger partial charge in [0, 0.05) is 25.5 Å². The Morgan fingerprint density at radius 3 is 2.89 bits per heavy atom. The van der Waals surface area contributed by atoms with Gasteiger partial charge in [-0.05, 0) is 51.4 Å². The minimum Gasteiger partial charge on any atom is -0.396 e. The quantitative estimate of drug-likeness (QED) is 0.777. The summed E-state index contributed by atoms with van der Waals surface area (Å²) >= 11 is 0. The average Bonchev–Trinajstić information content (AvgIpc) is 2.79. The van der Waals surface area contributed by atoms with Gasteiger partial charge in [0.1, 0.15) is 5.65 Å². The summed E-state index contributed by atoms with van der Waals surface area (Å²) < 4.78 is 2.09. The number of fused-ring (bicyclic) bond motifs is 1. The smallest absolute Gasteiger partial charge is 0.139 e. The van der Waals surface area contributed by atoms with Gasteiger partial charge < -0.3 is 14.4 Å². The van der Waals surface area contributed by atoms with Gasteiger partial charge in [-0.1, -0.05) is 6.07 Å². The number of imidazole rings is 1. The Bertz CT molecular complexity index is 521. The number of aliphatic hydroxyl groups excluding tert-OH is 1. The third kappa shape index (κ3) is 3.78. The normalized spacial score (nSPS) is 11.6. The van der Waals surface area contributed by atoms with E-state index in [0.717, 1.165) is 43.7 Å². The molecule has 2 aromatic rings.